The topological polar surface area (TPSA) is 29.5 Å². The number of nitrogens with zero attached hydrogens (tertiary/aromatic N) is 1. The summed E-state index contributed by atoms with van der Waals surface area (Å²) in [6, 6.07) is 0.779. The Morgan fingerprint density at radius 2 is 1.69 bits per heavy atom. The van der Waals surface area contributed by atoms with Crippen LogP contribution in [-0.2, 0) is 9.53 Å². The molecule has 0 N–H and O–H groups in total. The maximum absolute atomic E-state index is 10.8. The van der Waals surface area contributed by atoms with Crippen LogP contribution in [0, 0.1) is 0 Å². The summed E-state index contributed by atoms with van der Waals surface area (Å²) in [5.74, 6) is -0.314. The minimum absolute atomic E-state index is 0.314. The van der Waals surface area contributed by atoms with E-state index in [9.17, 15) is 4.79 Å². The Morgan fingerprint density at radius 1 is 1.23 bits per heavy atom. The molecule has 13 heavy (non-hydrogen) atoms. The van der Waals surface area contributed by atoms with Crippen molar-refractivity contribution in [3.05, 3.63) is 12.3 Å². The standard InChI is InChI=1S/C10H19NO2/c1-8(2)11(9(3)4)7-6-10(12)13-5/h6-9H,1-5H3/b7-6+. The van der Waals surface area contributed by atoms with Crippen LogP contribution in [0.15, 0.2) is 12.3 Å². The minimum Gasteiger partial charge on any atom is -0.466 e. The zero-order valence-electron chi connectivity index (χ0n) is 9.07. The molecule has 0 bridgehead atoms. The maximum Gasteiger partial charge on any atom is 0.331 e. The minimum atomic E-state index is -0.314. The second kappa shape index (κ2) is 5.62. The number of methoxy groups -OCH3 is 1. The Hall–Kier alpha value is -0.990. The molecule has 0 aliphatic carbocycles. The Morgan fingerprint density at radius 3 is 2.00 bits per heavy atom. The first-order valence-corrected chi connectivity index (χ1v) is 4.52. The molecule has 0 aliphatic rings. The average molecular weight is 185 g/mol. The van der Waals surface area contributed by atoms with Crippen molar-refractivity contribution in [2.45, 2.75) is 39.8 Å². The summed E-state index contributed by atoms with van der Waals surface area (Å²) in [6.07, 6.45) is 3.22. The molecule has 0 unspecified atom stereocenters. The van der Waals surface area contributed by atoms with Crippen molar-refractivity contribution < 1.29 is 9.53 Å². The lowest BCUT2D eigenvalue weighted by molar-refractivity contribution is -0.134. The van der Waals surface area contributed by atoms with E-state index in [1.165, 1.54) is 13.2 Å². The van der Waals surface area contributed by atoms with Crippen molar-refractivity contribution in [3.63, 3.8) is 0 Å². The first-order valence-electron chi connectivity index (χ1n) is 4.52. The molecule has 76 valence electrons. The van der Waals surface area contributed by atoms with Crippen LogP contribution in [0.25, 0.3) is 0 Å². The Balaban J connectivity index is 4.25. The number of hydrogen-bond donors (Lipinski definition) is 0. The number of hydrogen-bond acceptors (Lipinski definition) is 3. The predicted octanol–water partition coefficient (Wildman–Crippen LogP) is 1.79. The number of carbonyl (C=O) groups excluding carboxylic acids is 1. The Bertz CT molecular complexity index is 177. The predicted molar refractivity (Wildman–Crippen MR) is 53.3 cm³/mol. The first-order chi connectivity index (χ1) is 5.99. The molecule has 0 atom stereocenters. The molecule has 0 aromatic heterocycles. The van der Waals surface area contributed by atoms with Crippen molar-refractivity contribution in [3.8, 4) is 0 Å². The lowest BCUT2D eigenvalue weighted by Crippen LogP contribution is -2.32. The highest BCUT2D eigenvalue weighted by Gasteiger charge is 2.08. The highest BCUT2D eigenvalue weighted by molar-refractivity contribution is 5.81. The lowest BCUT2D eigenvalue weighted by Gasteiger charge is -2.28. The van der Waals surface area contributed by atoms with Crippen molar-refractivity contribution in [1.82, 2.24) is 4.90 Å². The van der Waals surface area contributed by atoms with Crippen LogP contribution >= 0.6 is 0 Å². The van der Waals surface area contributed by atoms with E-state index in [-0.39, 0.29) is 5.97 Å². The van der Waals surface area contributed by atoms with E-state index in [0.717, 1.165) is 0 Å². The van der Waals surface area contributed by atoms with E-state index in [2.05, 4.69) is 37.3 Å². The SMILES string of the molecule is COC(=O)/C=C/N(C(C)C)C(C)C. The molecule has 0 radical (unpaired) electrons. The molecule has 0 amide bonds. The van der Waals surface area contributed by atoms with Crippen LogP contribution in [-0.4, -0.2) is 30.1 Å². The van der Waals surface area contributed by atoms with E-state index < -0.39 is 0 Å². The highest BCUT2D eigenvalue weighted by atomic mass is 16.5. The van der Waals surface area contributed by atoms with Gasteiger partial charge in [0.05, 0.1) is 7.11 Å². The van der Waals surface area contributed by atoms with E-state index in [4.69, 9.17) is 0 Å². The number of carbonyl (C=O) groups is 1. The average Bonchev–Trinajstić information content (AvgIpc) is 2.03. The molecule has 3 nitrogen and oxygen atoms in total. The van der Waals surface area contributed by atoms with Gasteiger partial charge in [0.2, 0.25) is 0 Å². The third kappa shape index (κ3) is 4.55. The second-order valence-corrected chi connectivity index (χ2v) is 3.47. The molecular weight excluding hydrogens is 166 g/mol. The molecule has 0 saturated heterocycles. The van der Waals surface area contributed by atoms with Gasteiger partial charge in [0.25, 0.3) is 0 Å². The zero-order chi connectivity index (χ0) is 10.4. The number of ether oxygens (including phenoxy) is 1. The molecule has 3 heteroatoms. The summed E-state index contributed by atoms with van der Waals surface area (Å²) in [6.45, 7) is 8.34. The summed E-state index contributed by atoms with van der Waals surface area (Å²) in [7, 11) is 1.38. The Labute approximate surface area is 80.4 Å². The molecular formula is C10H19NO2. The molecule has 0 spiro atoms. The fraction of sp³-hybridized carbons (Fsp3) is 0.700. The zero-order valence-corrected chi connectivity index (χ0v) is 9.07. The van der Waals surface area contributed by atoms with Crippen molar-refractivity contribution in [2.24, 2.45) is 0 Å². The monoisotopic (exact) mass is 185 g/mol. The third-order valence-electron chi connectivity index (χ3n) is 1.78. The van der Waals surface area contributed by atoms with E-state index >= 15 is 0 Å². The highest BCUT2D eigenvalue weighted by Crippen LogP contribution is 2.05. The first kappa shape index (κ1) is 12.0. The molecule has 0 aromatic carbocycles. The van der Waals surface area contributed by atoms with Gasteiger partial charge in [0.15, 0.2) is 0 Å². The van der Waals surface area contributed by atoms with Gasteiger partial charge in [-0.3, -0.25) is 0 Å². The van der Waals surface area contributed by atoms with Crippen molar-refractivity contribution in [2.75, 3.05) is 7.11 Å². The fourth-order valence-electron chi connectivity index (χ4n) is 1.16. The van der Waals surface area contributed by atoms with Gasteiger partial charge in [-0.1, -0.05) is 0 Å². The molecule has 0 fully saturated rings. The number of rotatable bonds is 4. The van der Waals surface area contributed by atoms with Gasteiger partial charge in [-0.15, -0.1) is 0 Å². The van der Waals surface area contributed by atoms with Gasteiger partial charge in [-0.2, -0.15) is 0 Å². The second-order valence-electron chi connectivity index (χ2n) is 3.47. The van der Waals surface area contributed by atoms with Crippen LogP contribution in [0.3, 0.4) is 0 Å². The largest absolute Gasteiger partial charge is 0.466 e. The van der Waals surface area contributed by atoms with Gasteiger partial charge >= 0.3 is 5.97 Å². The van der Waals surface area contributed by atoms with E-state index in [0.29, 0.717) is 12.1 Å². The summed E-state index contributed by atoms with van der Waals surface area (Å²) in [5, 5.41) is 0. The maximum atomic E-state index is 10.8. The van der Waals surface area contributed by atoms with Crippen LogP contribution in [0.4, 0.5) is 0 Å². The van der Waals surface area contributed by atoms with Gasteiger partial charge in [0, 0.05) is 24.4 Å². The van der Waals surface area contributed by atoms with Gasteiger partial charge in [-0.05, 0) is 27.7 Å². The third-order valence-corrected chi connectivity index (χ3v) is 1.78. The summed E-state index contributed by atoms with van der Waals surface area (Å²) < 4.78 is 4.51. The fourth-order valence-corrected chi connectivity index (χ4v) is 1.16. The summed E-state index contributed by atoms with van der Waals surface area (Å²) in [4.78, 5) is 12.9. The van der Waals surface area contributed by atoms with Crippen molar-refractivity contribution >= 4 is 5.97 Å². The van der Waals surface area contributed by atoms with E-state index in [1.807, 2.05) is 0 Å². The van der Waals surface area contributed by atoms with Crippen molar-refractivity contribution in [1.29, 1.82) is 0 Å². The smallest absolute Gasteiger partial charge is 0.331 e. The Kier molecular flexibility index (Phi) is 5.19. The van der Waals surface area contributed by atoms with Crippen LogP contribution < -0.4 is 0 Å². The summed E-state index contributed by atoms with van der Waals surface area (Å²) in [5.41, 5.74) is 0. The van der Waals surface area contributed by atoms with Gasteiger partial charge in [-0.25, -0.2) is 4.79 Å². The van der Waals surface area contributed by atoms with Crippen LogP contribution in [0.5, 0.6) is 0 Å². The van der Waals surface area contributed by atoms with E-state index in [1.54, 1.807) is 6.20 Å². The quantitative estimate of drug-likeness (QED) is 0.494. The molecule has 0 saturated carbocycles. The molecule has 0 aromatic rings. The van der Waals surface area contributed by atoms with Gasteiger partial charge in [0.1, 0.15) is 0 Å². The normalized spacial score (nSPS) is 11.3. The van der Waals surface area contributed by atoms with Gasteiger partial charge < -0.3 is 9.64 Å². The van der Waals surface area contributed by atoms with Crippen LogP contribution in [0.1, 0.15) is 27.7 Å². The number of esters is 1. The lowest BCUT2D eigenvalue weighted by atomic mass is 10.2. The summed E-state index contributed by atoms with van der Waals surface area (Å²) >= 11 is 0. The van der Waals surface area contributed by atoms with Crippen LogP contribution in [0.2, 0.25) is 0 Å². The molecule has 0 rings (SSSR count). The molecule has 0 aliphatic heterocycles. The molecule has 0 heterocycles.